The van der Waals surface area contributed by atoms with Crippen molar-refractivity contribution in [1.29, 1.82) is 0 Å². The summed E-state index contributed by atoms with van der Waals surface area (Å²) in [4.78, 5) is 42.9. The van der Waals surface area contributed by atoms with Gasteiger partial charge in [0.25, 0.3) is 5.91 Å². The first-order valence-electron chi connectivity index (χ1n) is 14.4. The standard InChI is InChI=1S/C32H46ClN3O5/c1-9-11-12-19-36(30(39)26(20(3)10-2)35-31(40)41-32(6,7)8)27(23-17-13-16-22(5)28(23)37)29(38)34-25-21(4)15-14-18-24(25)33/h13-18,20,26-27,37H,9-12,19H2,1-8H3,(H,34,38)(H,35,40). The Morgan fingerprint density at radius 2 is 1.66 bits per heavy atom. The summed E-state index contributed by atoms with van der Waals surface area (Å²) in [5.41, 5.74) is 1.29. The number of anilines is 1. The van der Waals surface area contributed by atoms with E-state index in [1.54, 1.807) is 58.0 Å². The van der Waals surface area contributed by atoms with Gasteiger partial charge in [0.05, 0.1) is 10.7 Å². The number of amides is 3. The zero-order valence-electron chi connectivity index (χ0n) is 25.6. The fourth-order valence-electron chi connectivity index (χ4n) is 4.53. The van der Waals surface area contributed by atoms with Gasteiger partial charge >= 0.3 is 6.09 Å². The molecule has 3 amide bonds. The van der Waals surface area contributed by atoms with Gasteiger partial charge in [0.15, 0.2) is 0 Å². The number of alkyl carbamates (subject to hydrolysis) is 1. The average Bonchev–Trinajstić information content (AvgIpc) is 2.89. The molecule has 9 heteroatoms. The van der Waals surface area contributed by atoms with Crippen LogP contribution in [0.15, 0.2) is 36.4 Å². The summed E-state index contributed by atoms with van der Waals surface area (Å²) in [5.74, 6) is -1.29. The molecule has 0 bridgehead atoms. The Morgan fingerprint density at radius 1 is 1.02 bits per heavy atom. The summed E-state index contributed by atoms with van der Waals surface area (Å²) in [6.07, 6.45) is 2.24. The smallest absolute Gasteiger partial charge is 0.408 e. The molecule has 226 valence electrons. The van der Waals surface area contributed by atoms with Crippen LogP contribution in [0.5, 0.6) is 5.75 Å². The lowest BCUT2D eigenvalue weighted by Gasteiger charge is -2.36. The van der Waals surface area contributed by atoms with Gasteiger partial charge in [-0.2, -0.15) is 0 Å². The van der Waals surface area contributed by atoms with Crippen molar-refractivity contribution in [3.8, 4) is 5.75 Å². The number of para-hydroxylation sites is 2. The molecule has 0 saturated carbocycles. The van der Waals surface area contributed by atoms with Gasteiger partial charge in [-0.05, 0) is 64.2 Å². The maximum atomic E-state index is 14.4. The SMILES string of the molecule is CCCCCN(C(=O)C(NC(=O)OC(C)(C)C)C(C)CC)C(C(=O)Nc1c(C)cccc1Cl)c1cccc(C)c1O. The third kappa shape index (κ3) is 9.38. The van der Waals surface area contributed by atoms with Crippen LogP contribution < -0.4 is 10.6 Å². The topological polar surface area (TPSA) is 108 Å². The second-order valence-corrected chi connectivity index (χ2v) is 12.0. The number of hydrogen-bond acceptors (Lipinski definition) is 5. The number of phenolic OH excluding ortho intramolecular Hbond substituents is 1. The van der Waals surface area contributed by atoms with Crippen LogP contribution in [0, 0.1) is 19.8 Å². The van der Waals surface area contributed by atoms with Crippen LogP contribution in [-0.4, -0.2) is 46.1 Å². The number of unbranched alkanes of at least 4 members (excludes halogenated alkanes) is 2. The molecule has 0 saturated heterocycles. The first-order valence-corrected chi connectivity index (χ1v) is 14.7. The molecule has 3 unspecified atom stereocenters. The molecule has 2 rings (SSSR count). The minimum atomic E-state index is -1.19. The Balaban J connectivity index is 2.66. The van der Waals surface area contributed by atoms with E-state index in [4.69, 9.17) is 16.3 Å². The van der Waals surface area contributed by atoms with Gasteiger partial charge in [-0.3, -0.25) is 9.59 Å². The number of hydrogen-bond donors (Lipinski definition) is 3. The number of benzene rings is 2. The van der Waals surface area contributed by atoms with E-state index < -0.39 is 35.6 Å². The van der Waals surface area contributed by atoms with E-state index in [2.05, 4.69) is 17.6 Å². The summed E-state index contributed by atoms with van der Waals surface area (Å²) in [6.45, 7) is 14.9. The van der Waals surface area contributed by atoms with Gasteiger partial charge in [-0.15, -0.1) is 0 Å². The number of carbonyl (C=O) groups is 3. The molecule has 0 radical (unpaired) electrons. The summed E-state index contributed by atoms with van der Waals surface area (Å²) in [7, 11) is 0. The maximum absolute atomic E-state index is 14.4. The molecule has 0 heterocycles. The van der Waals surface area contributed by atoms with E-state index in [9.17, 15) is 19.5 Å². The number of nitrogens with zero attached hydrogens (tertiary/aromatic N) is 1. The zero-order valence-corrected chi connectivity index (χ0v) is 26.4. The van der Waals surface area contributed by atoms with Crippen molar-refractivity contribution in [2.24, 2.45) is 5.92 Å². The van der Waals surface area contributed by atoms with Gasteiger partial charge in [0.1, 0.15) is 23.4 Å². The number of carbonyl (C=O) groups excluding carboxylic acids is 3. The molecular formula is C32H46ClN3O5. The van der Waals surface area contributed by atoms with Crippen molar-refractivity contribution in [2.45, 2.75) is 98.8 Å². The van der Waals surface area contributed by atoms with Crippen LogP contribution in [0.3, 0.4) is 0 Å². The number of ether oxygens (including phenoxy) is 1. The number of nitrogens with one attached hydrogen (secondary N) is 2. The van der Waals surface area contributed by atoms with Gasteiger partial charge in [-0.25, -0.2) is 4.79 Å². The maximum Gasteiger partial charge on any atom is 0.408 e. The Bertz CT molecular complexity index is 1190. The van der Waals surface area contributed by atoms with E-state index in [1.165, 1.54) is 4.90 Å². The lowest BCUT2D eigenvalue weighted by molar-refractivity contribution is -0.142. The Kier molecular flexibility index (Phi) is 12.5. The Morgan fingerprint density at radius 3 is 2.24 bits per heavy atom. The summed E-state index contributed by atoms with van der Waals surface area (Å²) >= 11 is 6.44. The quantitative estimate of drug-likeness (QED) is 0.226. The molecule has 2 aromatic carbocycles. The molecule has 0 aliphatic carbocycles. The average molecular weight is 588 g/mol. The summed E-state index contributed by atoms with van der Waals surface area (Å²) in [6, 6.07) is 8.27. The summed E-state index contributed by atoms with van der Waals surface area (Å²) in [5, 5.41) is 17.2. The van der Waals surface area contributed by atoms with Crippen LogP contribution in [0.1, 0.15) is 90.0 Å². The second-order valence-electron chi connectivity index (χ2n) is 11.6. The van der Waals surface area contributed by atoms with Crippen molar-refractivity contribution in [3.05, 3.63) is 58.1 Å². The minimum absolute atomic E-state index is 0.0722. The molecule has 0 aliphatic heterocycles. The van der Waals surface area contributed by atoms with Crippen molar-refractivity contribution in [3.63, 3.8) is 0 Å². The largest absolute Gasteiger partial charge is 0.507 e. The molecule has 3 atom stereocenters. The second kappa shape index (κ2) is 15.1. The normalized spacial score (nSPS) is 13.6. The van der Waals surface area contributed by atoms with E-state index in [1.807, 2.05) is 26.8 Å². The first kappa shape index (κ1) is 33.9. The molecule has 8 nitrogen and oxygen atoms in total. The zero-order chi connectivity index (χ0) is 30.9. The first-order chi connectivity index (χ1) is 19.2. The van der Waals surface area contributed by atoms with Gasteiger partial charge in [-0.1, -0.05) is 82.0 Å². The van der Waals surface area contributed by atoms with Crippen LogP contribution in [0.25, 0.3) is 0 Å². The van der Waals surface area contributed by atoms with Crippen molar-refractivity contribution in [1.82, 2.24) is 10.2 Å². The lowest BCUT2D eigenvalue weighted by Crippen LogP contribution is -2.55. The highest BCUT2D eigenvalue weighted by atomic mass is 35.5. The van der Waals surface area contributed by atoms with Crippen LogP contribution in [0.4, 0.5) is 10.5 Å². The predicted molar refractivity (Wildman–Crippen MR) is 164 cm³/mol. The highest BCUT2D eigenvalue weighted by Crippen LogP contribution is 2.35. The summed E-state index contributed by atoms with van der Waals surface area (Å²) < 4.78 is 5.47. The van der Waals surface area contributed by atoms with E-state index in [0.717, 1.165) is 18.4 Å². The Hall–Kier alpha value is -3.26. The fourth-order valence-corrected chi connectivity index (χ4v) is 4.80. The number of halogens is 1. The van der Waals surface area contributed by atoms with Gasteiger partial charge in [0.2, 0.25) is 5.91 Å². The van der Waals surface area contributed by atoms with Crippen molar-refractivity contribution < 1.29 is 24.2 Å². The molecule has 3 N–H and O–H groups in total. The predicted octanol–water partition coefficient (Wildman–Crippen LogP) is 7.30. The van der Waals surface area contributed by atoms with E-state index in [-0.39, 0.29) is 23.8 Å². The Labute approximate surface area is 249 Å². The molecule has 2 aromatic rings. The molecule has 0 fully saturated rings. The molecule has 41 heavy (non-hydrogen) atoms. The van der Waals surface area contributed by atoms with Gasteiger partial charge in [0, 0.05) is 12.1 Å². The van der Waals surface area contributed by atoms with E-state index in [0.29, 0.717) is 29.1 Å². The van der Waals surface area contributed by atoms with Crippen molar-refractivity contribution in [2.75, 3.05) is 11.9 Å². The minimum Gasteiger partial charge on any atom is -0.507 e. The molecule has 0 aromatic heterocycles. The van der Waals surface area contributed by atoms with Crippen LogP contribution in [0.2, 0.25) is 5.02 Å². The van der Waals surface area contributed by atoms with E-state index >= 15 is 0 Å². The number of aryl methyl sites for hydroxylation is 2. The fraction of sp³-hybridized carbons (Fsp3) is 0.531. The molecular weight excluding hydrogens is 542 g/mol. The third-order valence-electron chi connectivity index (χ3n) is 7.03. The number of phenols is 1. The highest BCUT2D eigenvalue weighted by Gasteiger charge is 2.39. The van der Waals surface area contributed by atoms with Crippen LogP contribution >= 0.6 is 11.6 Å². The third-order valence-corrected chi connectivity index (χ3v) is 7.35. The van der Waals surface area contributed by atoms with Crippen LogP contribution in [-0.2, 0) is 14.3 Å². The molecule has 0 spiro atoms. The van der Waals surface area contributed by atoms with Crippen molar-refractivity contribution >= 4 is 35.2 Å². The highest BCUT2D eigenvalue weighted by molar-refractivity contribution is 6.34. The monoisotopic (exact) mass is 587 g/mol. The lowest BCUT2D eigenvalue weighted by atomic mass is 9.94. The number of aromatic hydroxyl groups is 1. The molecule has 0 aliphatic rings. The number of rotatable bonds is 12. The van der Waals surface area contributed by atoms with Gasteiger partial charge < -0.3 is 25.4 Å².